The zero-order valence-corrected chi connectivity index (χ0v) is 23.4. The lowest BCUT2D eigenvalue weighted by Gasteiger charge is -2.43. The van der Waals surface area contributed by atoms with Crippen molar-refractivity contribution in [1.29, 1.82) is 0 Å². The SMILES string of the molecule is COCC1=C2[C@@H](CC/C(=C/c3cccc(O)c3)c3ccccn3)OB(O)C[C@@H]2[C@@H]2C(=O)N(c3ccccc3)C(=O)[C@@H]2C1. The molecule has 2 N–H and O–H groups in total. The number of pyridine rings is 1. The average molecular weight is 564 g/mol. The van der Waals surface area contributed by atoms with Crippen LogP contribution in [-0.4, -0.2) is 53.9 Å². The highest BCUT2D eigenvalue weighted by Gasteiger charge is 2.57. The number of imide groups is 1. The zero-order valence-electron chi connectivity index (χ0n) is 23.4. The quantitative estimate of drug-likeness (QED) is 0.231. The average Bonchev–Trinajstić information content (AvgIpc) is 3.25. The topological polar surface area (TPSA) is 109 Å². The Bertz CT molecular complexity index is 1530. The Balaban J connectivity index is 1.33. The van der Waals surface area contributed by atoms with Crippen LogP contribution in [0.3, 0.4) is 0 Å². The van der Waals surface area contributed by atoms with E-state index in [-0.39, 0.29) is 29.8 Å². The summed E-state index contributed by atoms with van der Waals surface area (Å²) in [5.74, 6) is -1.64. The van der Waals surface area contributed by atoms with E-state index in [0.717, 1.165) is 28.0 Å². The summed E-state index contributed by atoms with van der Waals surface area (Å²) in [6, 6.07) is 21.8. The summed E-state index contributed by atoms with van der Waals surface area (Å²) in [4.78, 5) is 33.4. The number of carbonyl (C=O) groups excluding carboxylic acids is 2. The van der Waals surface area contributed by atoms with E-state index in [1.807, 2.05) is 48.5 Å². The van der Waals surface area contributed by atoms with Crippen LogP contribution in [0, 0.1) is 17.8 Å². The molecule has 8 nitrogen and oxygen atoms in total. The number of para-hydroxylation sites is 1. The van der Waals surface area contributed by atoms with Gasteiger partial charge in [-0.3, -0.25) is 19.5 Å². The first-order valence-corrected chi connectivity index (χ1v) is 14.3. The number of hydrogen-bond donors (Lipinski definition) is 2. The van der Waals surface area contributed by atoms with Crippen molar-refractivity contribution in [2.75, 3.05) is 18.6 Å². The van der Waals surface area contributed by atoms with Crippen molar-refractivity contribution in [2.24, 2.45) is 17.8 Å². The van der Waals surface area contributed by atoms with Gasteiger partial charge in [0.25, 0.3) is 0 Å². The van der Waals surface area contributed by atoms with Gasteiger partial charge in [0.2, 0.25) is 11.8 Å². The molecule has 4 atom stereocenters. The Morgan fingerprint density at radius 3 is 2.62 bits per heavy atom. The Kier molecular flexibility index (Phi) is 8.06. The highest BCUT2D eigenvalue weighted by Crippen LogP contribution is 2.51. The zero-order chi connectivity index (χ0) is 29.2. The number of aromatic hydroxyl groups is 1. The van der Waals surface area contributed by atoms with E-state index < -0.39 is 25.1 Å². The summed E-state index contributed by atoms with van der Waals surface area (Å²) >= 11 is 0. The largest absolute Gasteiger partial charge is 0.508 e. The van der Waals surface area contributed by atoms with Crippen LogP contribution < -0.4 is 4.90 Å². The number of benzene rings is 2. The van der Waals surface area contributed by atoms with Gasteiger partial charge < -0.3 is 19.5 Å². The molecule has 42 heavy (non-hydrogen) atoms. The molecule has 0 spiro atoms. The normalized spacial score (nSPS) is 24.2. The molecule has 3 aromatic rings. The van der Waals surface area contributed by atoms with E-state index in [9.17, 15) is 19.7 Å². The fourth-order valence-corrected chi connectivity index (χ4v) is 6.83. The maximum Gasteiger partial charge on any atom is 0.455 e. The van der Waals surface area contributed by atoms with E-state index in [4.69, 9.17) is 9.39 Å². The molecule has 1 aromatic heterocycles. The molecule has 214 valence electrons. The van der Waals surface area contributed by atoms with Gasteiger partial charge in [-0.15, -0.1) is 0 Å². The predicted molar refractivity (Wildman–Crippen MR) is 160 cm³/mol. The number of fused-ring (bicyclic) bond motifs is 3. The standard InChI is InChI=1S/C33H33BN2O6/c1-41-20-23-18-26-31(33(39)36(32(26)38)24-9-3-2-4-10-24)27-19-34(40)42-29(30(23)27)14-13-22(28-12-5-6-15-35-28)16-21-8-7-11-25(37)17-21/h2-12,15-17,26-27,29,31,37,40H,13-14,18-20H2,1H3/b22-16-/t26-,27+,29-,31-/m1/s1. The fraction of sp³-hybridized carbons (Fsp3) is 0.303. The van der Waals surface area contributed by atoms with Crippen LogP contribution in [0.2, 0.25) is 6.32 Å². The number of rotatable bonds is 8. The Morgan fingerprint density at radius 1 is 1.07 bits per heavy atom. The monoisotopic (exact) mass is 564 g/mol. The van der Waals surface area contributed by atoms with Gasteiger partial charge in [-0.25, -0.2) is 0 Å². The molecule has 3 aliphatic rings. The molecule has 3 heterocycles. The van der Waals surface area contributed by atoms with Crippen LogP contribution in [0.1, 0.15) is 30.5 Å². The van der Waals surface area contributed by atoms with Gasteiger partial charge in [0.1, 0.15) is 5.75 Å². The number of methoxy groups -OCH3 is 1. The molecular weight excluding hydrogens is 531 g/mol. The lowest BCUT2D eigenvalue weighted by molar-refractivity contribution is -0.122. The number of allylic oxidation sites excluding steroid dienone is 1. The van der Waals surface area contributed by atoms with Crippen molar-refractivity contribution >= 4 is 36.3 Å². The van der Waals surface area contributed by atoms with Crippen molar-refractivity contribution in [3.8, 4) is 5.75 Å². The number of phenolic OH excluding ortho intramolecular Hbond substituents is 1. The summed E-state index contributed by atoms with van der Waals surface area (Å²) in [6.07, 6.45) is 5.03. The van der Waals surface area contributed by atoms with E-state index in [1.54, 1.807) is 43.6 Å². The first kappa shape index (κ1) is 28.1. The van der Waals surface area contributed by atoms with Crippen LogP contribution in [0.15, 0.2) is 90.1 Å². The molecule has 0 unspecified atom stereocenters. The Morgan fingerprint density at radius 2 is 1.88 bits per heavy atom. The minimum absolute atomic E-state index is 0.178. The number of nitrogens with zero attached hydrogens (tertiary/aromatic N) is 2. The van der Waals surface area contributed by atoms with Crippen LogP contribution in [-0.2, 0) is 19.0 Å². The first-order chi connectivity index (χ1) is 20.4. The van der Waals surface area contributed by atoms with Crippen LogP contribution >= 0.6 is 0 Å². The maximum atomic E-state index is 13.9. The molecule has 2 fully saturated rings. The number of carbonyl (C=O) groups is 2. The van der Waals surface area contributed by atoms with Gasteiger partial charge in [-0.05, 0) is 96.3 Å². The Labute approximate surface area is 245 Å². The van der Waals surface area contributed by atoms with Crippen LogP contribution in [0.5, 0.6) is 5.75 Å². The number of ether oxygens (including phenoxy) is 1. The van der Waals surface area contributed by atoms with Gasteiger partial charge in [0, 0.05) is 13.3 Å². The van der Waals surface area contributed by atoms with Crippen molar-refractivity contribution in [2.45, 2.75) is 31.7 Å². The second-order valence-corrected chi connectivity index (χ2v) is 11.1. The number of hydrogen-bond acceptors (Lipinski definition) is 7. The van der Waals surface area contributed by atoms with Gasteiger partial charge in [-0.1, -0.05) is 36.4 Å². The first-order valence-electron chi connectivity index (χ1n) is 14.3. The van der Waals surface area contributed by atoms with E-state index in [0.29, 0.717) is 31.6 Å². The van der Waals surface area contributed by atoms with E-state index in [1.165, 1.54) is 4.90 Å². The molecule has 2 aliphatic heterocycles. The van der Waals surface area contributed by atoms with Crippen molar-refractivity contribution < 1.29 is 29.1 Å². The molecule has 0 bridgehead atoms. The van der Waals surface area contributed by atoms with Gasteiger partial charge in [-0.2, -0.15) is 0 Å². The molecule has 2 aromatic carbocycles. The Hall–Kier alpha value is -4.05. The van der Waals surface area contributed by atoms with E-state index >= 15 is 0 Å². The summed E-state index contributed by atoms with van der Waals surface area (Å²) in [7, 11) is 0.561. The second kappa shape index (κ2) is 12.1. The van der Waals surface area contributed by atoms with Gasteiger partial charge in [0.05, 0.1) is 35.9 Å². The molecule has 0 saturated carbocycles. The number of anilines is 1. The summed E-state index contributed by atoms with van der Waals surface area (Å²) in [5, 5.41) is 20.9. The summed E-state index contributed by atoms with van der Waals surface area (Å²) in [5.41, 5.74) is 5.10. The molecular formula is C33H33BN2O6. The number of aromatic nitrogens is 1. The highest BCUT2D eigenvalue weighted by atomic mass is 16.5. The summed E-state index contributed by atoms with van der Waals surface area (Å²) < 4.78 is 11.7. The molecule has 0 radical (unpaired) electrons. The number of amides is 2. The lowest BCUT2D eigenvalue weighted by Crippen LogP contribution is -2.46. The van der Waals surface area contributed by atoms with Crippen molar-refractivity contribution in [1.82, 2.24) is 4.98 Å². The predicted octanol–water partition coefficient (Wildman–Crippen LogP) is 4.76. The van der Waals surface area contributed by atoms with E-state index in [2.05, 4.69) is 4.98 Å². The van der Waals surface area contributed by atoms with Crippen LogP contribution in [0.4, 0.5) is 5.69 Å². The minimum atomic E-state index is -1.06. The smallest absolute Gasteiger partial charge is 0.455 e. The van der Waals surface area contributed by atoms with Crippen molar-refractivity contribution in [3.05, 3.63) is 101 Å². The minimum Gasteiger partial charge on any atom is -0.508 e. The fourth-order valence-electron chi connectivity index (χ4n) is 6.83. The van der Waals surface area contributed by atoms with Crippen LogP contribution in [0.25, 0.3) is 11.6 Å². The lowest BCUT2D eigenvalue weighted by atomic mass is 9.58. The summed E-state index contributed by atoms with van der Waals surface area (Å²) in [6.45, 7) is 0.323. The third-order valence-corrected chi connectivity index (χ3v) is 8.52. The van der Waals surface area contributed by atoms with Crippen molar-refractivity contribution in [3.63, 3.8) is 0 Å². The molecule has 2 saturated heterocycles. The van der Waals surface area contributed by atoms with Gasteiger partial charge >= 0.3 is 7.12 Å². The maximum absolute atomic E-state index is 13.9. The second-order valence-electron chi connectivity index (χ2n) is 11.1. The third-order valence-electron chi connectivity index (χ3n) is 8.52. The number of phenols is 1. The van der Waals surface area contributed by atoms with Gasteiger partial charge in [0.15, 0.2) is 0 Å². The third kappa shape index (κ3) is 5.43. The molecule has 9 heteroatoms. The molecule has 2 amide bonds. The molecule has 6 rings (SSSR count). The highest BCUT2D eigenvalue weighted by molar-refractivity contribution is 6.43. The molecule has 1 aliphatic carbocycles.